The number of aryl methyl sites for hydroxylation is 1. The minimum absolute atomic E-state index is 0.0498. The van der Waals surface area contributed by atoms with Gasteiger partial charge in [0.15, 0.2) is 0 Å². The van der Waals surface area contributed by atoms with Crippen LogP contribution < -0.4 is 10.1 Å². The molecule has 0 radical (unpaired) electrons. The average Bonchev–Trinajstić information content (AvgIpc) is 3.09. The van der Waals surface area contributed by atoms with Crippen LogP contribution in [0.15, 0.2) is 43.1 Å². The van der Waals surface area contributed by atoms with Crippen LogP contribution in [-0.4, -0.2) is 63.7 Å². The molecule has 0 aliphatic carbocycles. The molecule has 1 N–H and O–H groups in total. The number of amides is 2. The minimum atomic E-state index is -0.297. The van der Waals surface area contributed by atoms with Gasteiger partial charge in [-0.15, -0.1) is 0 Å². The largest absolute Gasteiger partial charge is 0.490 e. The number of ether oxygens (including phenoxy) is 2. The minimum Gasteiger partial charge on any atom is -0.490 e. The van der Waals surface area contributed by atoms with Crippen LogP contribution in [0.4, 0.5) is 5.95 Å². The van der Waals surface area contributed by atoms with E-state index >= 15 is 0 Å². The van der Waals surface area contributed by atoms with Crippen molar-refractivity contribution in [2.24, 2.45) is 0 Å². The zero-order valence-electron chi connectivity index (χ0n) is 21.5. The van der Waals surface area contributed by atoms with E-state index in [9.17, 15) is 9.59 Å². The highest BCUT2D eigenvalue weighted by atomic mass is 35.5. The molecule has 3 aromatic rings. The highest BCUT2D eigenvalue weighted by Crippen LogP contribution is 2.37. The molecule has 0 saturated carbocycles. The standard InChI is InChI=1S/C28H32ClN5O4/c1-3-25(35)33-11-5-4-6-20(17-33)34-26-23(29)15-22(38-21-8-12-37-13-9-21)16-24(26)31-28(34)32-27(36)19-7-10-30-18(2)14-19/h3,7,10,14-16,20-21H,1,4-6,8-9,11-13,17H2,2H3,(H,31,32,36)/t20-/m1/s1. The molecule has 4 heterocycles. The van der Waals surface area contributed by atoms with Gasteiger partial charge in [0, 0.05) is 55.5 Å². The molecule has 2 aromatic heterocycles. The number of nitrogens with one attached hydrogen (secondary N) is 1. The van der Waals surface area contributed by atoms with Crippen molar-refractivity contribution in [3.05, 3.63) is 59.4 Å². The molecular weight excluding hydrogens is 506 g/mol. The summed E-state index contributed by atoms with van der Waals surface area (Å²) < 4.78 is 13.6. The smallest absolute Gasteiger partial charge is 0.258 e. The molecule has 2 amide bonds. The number of rotatable bonds is 6. The summed E-state index contributed by atoms with van der Waals surface area (Å²) in [6.07, 6.45) is 7.23. The fourth-order valence-electron chi connectivity index (χ4n) is 5.18. The highest BCUT2D eigenvalue weighted by molar-refractivity contribution is 6.35. The van der Waals surface area contributed by atoms with E-state index in [0.29, 0.717) is 59.6 Å². The number of likely N-dealkylation sites (tertiary alicyclic amines) is 1. The number of carbonyl (C=O) groups excluding carboxylic acids is 2. The van der Waals surface area contributed by atoms with Crippen LogP contribution in [-0.2, 0) is 9.53 Å². The summed E-state index contributed by atoms with van der Waals surface area (Å²) in [4.78, 5) is 36.6. The molecule has 10 heteroatoms. The topological polar surface area (TPSA) is 98.6 Å². The van der Waals surface area contributed by atoms with Gasteiger partial charge in [0.1, 0.15) is 11.9 Å². The van der Waals surface area contributed by atoms with E-state index in [1.54, 1.807) is 29.3 Å². The molecule has 2 aliphatic heterocycles. The molecule has 38 heavy (non-hydrogen) atoms. The van der Waals surface area contributed by atoms with Crippen molar-refractivity contribution >= 4 is 40.4 Å². The first-order valence-electron chi connectivity index (χ1n) is 13.0. The third-order valence-corrected chi connectivity index (χ3v) is 7.35. The van der Waals surface area contributed by atoms with Crippen LogP contribution in [0.2, 0.25) is 5.02 Å². The van der Waals surface area contributed by atoms with Gasteiger partial charge in [-0.05, 0) is 44.4 Å². The Kier molecular flexibility index (Phi) is 7.95. The zero-order chi connectivity index (χ0) is 26.6. The lowest BCUT2D eigenvalue weighted by atomic mass is 10.1. The van der Waals surface area contributed by atoms with Crippen molar-refractivity contribution in [2.75, 3.05) is 31.6 Å². The van der Waals surface area contributed by atoms with Gasteiger partial charge in [0.25, 0.3) is 5.91 Å². The lowest BCUT2D eigenvalue weighted by molar-refractivity contribution is -0.126. The van der Waals surface area contributed by atoms with Gasteiger partial charge >= 0.3 is 0 Å². The number of imidazole rings is 1. The van der Waals surface area contributed by atoms with Crippen molar-refractivity contribution in [1.29, 1.82) is 0 Å². The normalized spacial score (nSPS) is 18.7. The number of nitrogens with zero attached hydrogens (tertiary/aromatic N) is 4. The number of pyridine rings is 1. The number of carbonyl (C=O) groups is 2. The van der Waals surface area contributed by atoms with E-state index in [4.69, 9.17) is 26.1 Å². The predicted molar refractivity (Wildman–Crippen MR) is 146 cm³/mol. The maximum Gasteiger partial charge on any atom is 0.258 e. The third-order valence-electron chi connectivity index (χ3n) is 7.07. The van der Waals surface area contributed by atoms with Crippen molar-refractivity contribution in [2.45, 2.75) is 51.2 Å². The summed E-state index contributed by atoms with van der Waals surface area (Å²) in [6, 6.07) is 6.92. The Bertz CT molecular complexity index is 1350. The fourth-order valence-corrected chi connectivity index (χ4v) is 5.47. The molecule has 9 nitrogen and oxygen atoms in total. The Labute approximate surface area is 226 Å². The molecule has 1 aromatic carbocycles. The molecular formula is C28H32ClN5O4. The number of aromatic nitrogens is 3. The lowest BCUT2D eigenvalue weighted by Crippen LogP contribution is -2.34. The first-order valence-corrected chi connectivity index (χ1v) is 13.4. The highest BCUT2D eigenvalue weighted by Gasteiger charge is 2.28. The average molecular weight is 538 g/mol. The van der Waals surface area contributed by atoms with Gasteiger partial charge in [-0.1, -0.05) is 18.2 Å². The van der Waals surface area contributed by atoms with Crippen LogP contribution in [0.3, 0.4) is 0 Å². The molecule has 200 valence electrons. The number of anilines is 1. The lowest BCUT2D eigenvalue weighted by Gasteiger charge is -2.26. The maximum absolute atomic E-state index is 13.2. The first-order chi connectivity index (χ1) is 18.4. The van der Waals surface area contributed by atoms with Gasteiger partial charge < -0.3 is 18.9 Å². The quantitative estimate of drug-likeness (QED) is 0.447. The first kappa shape index (κ1) is 26.2. The molecule has 5 rings (SSSR count). The van der Waals surface area contributed by atoms with Gasteiger partial charge in [-0.25, -0.2) is 4.98 Å². The molecule has 2 fully saturated rings. The summed E-state index contributed by atoms with van der Waals surface area (Å²) in [5.74, 6) is 0.598. The summed E-state index contributed by atoms with van der Waals surface area (Å²) in [5, 5.41) is 3.47. The van der Waals surface area contributed by atoms with Crippen molar-refractivity contribution in [3.8, 4) is 5.75 Å². The fraction of sp³-hybridized carbons (Fsp3) is 0.429. The van der Waals surface area contributed by atoms with Crippen LogP contribution in [0.25, 0.3) is 11.0 Å². The molecule has 2 saturated heterocycles. The number of hydrogen-bond acceptors (Lipinski definition) is 6. The summed E-state index contributed by atoms with van der Waals surface area (Å²) in [7, 11) is 0. The second-order valence-electron chi connectivity index (χ2n) is 9.79. The number of benzene rings is 1. The van der Waals surface area contributed by atoms with Crippen molar-refractivity contribution in [1.82, 2.24) is 19.4 Å². The third kappa shape index (κ3) is 5.68. The molecule has 1 atom stereocenters. The van der Waals surface area contributed by atoms with Crippen LogP contribution in [0, 0.1) is 6.92 Å². The van der Waals surface area contributed by atoms with Crippen LogP contribution in [0.1, 0.15) is 54.2 Å². The van der Waals surface area contributed by atoms with Gasteiger partial charge in [-0.3, -0.25) is 19.9 Å². The number of fused-ring (bicyclic) bond motifs is 1. The van der Waals surface area contributed by atoms with E-state index in [1.807, 2.05) is 17.6 Å². The van der Waals surface area contributed by atoms with Gasteiger partial charge in [0.05, 0.1) is 35.3 Å². The van der Waals surface area contributed by atoms with Gasteiger partial charge in [0.2, 0.25) is 11.9 Å². The van der Waals surface area contributed by atoms with Crippen LogP contribution >= 0.6 is 11.6 Å². The van der Waals surface area contributed by atoms with Crippen molar-refractivity contribution in [3.63, 3.8) is 0 Å². The summed E-state index contributed by atoms with van der Waals surface area (Å²) in [5.41, 5.74) is 2.54. The number of hydrogen-bond donors (Lipinski definition) is 1. The van der Waals surface area contributed by atoms with E-state index in [-0.39, 0.29) is 24.0 Å². The second kappa shape index (κ2) is 11.5. The van der Waals surface area contributed by atoms with Crippen molar-refractivity contribution < 1.29 is 19.1 Å². The second-order valence-corrected chi connectivity index (χ2v) is 10.2. The predicted octanol–water partition coefficient (Wildman–Crippen LogP) is 4.94. The Hall–Kier alpha value is -3.43. The monoisotopic (exact) mass is 537 g/mol. The van der Waals surface area contributed by atoms with E-state index in [0.717, 1.165) is 37.8 Å². The van der Waals surface area contributed by atoms with E-state index in [1.165, 1.54) is 6.08 Å². The number of halogens is 1. The zero-order valence-corrected chi connectivity index (χ0v) is 22.2. The molecule has 2 aliphatic rings. The summed E-state index contributed by atoms with van der Waals surface area (Å²) in [6.45, 7) is 7.95. The van der Waals surface area contributed by atoms with Gasteiger partial charge in [-0.2, -0.15) is 0 Å². The summed E-state index contributed by atoms with van der Waals surface area (Å²) >= 11 is 6.88. The Morgan fingerprint density at radius 3 is 2.79 bits per heavy atom. The molecule has 0 bridgehead atoms. The van der Waals surface area contributed by atoms with E-state index in [2.05, 4.69) is 16.9 Å². The molecule has 0 unspecified atom stereocenters. The Morgan fingerprint density at radius 2 is 2.03 bits per heavy atom. The SMILES string of the molecule is C=CC(=O)N1CCCC[C@@H](n2c(NC(=O)c3ccnc(C)c3)nc3cc(OC4CCOCC4)cc(Cl)c32)C1. The Balaban J connectivity index is 1.55. The Morgan fingerprint density at radius 1 is 1.21 bits per heavy atom. The maximum atomic E-state index is 13.2. The van der Waals surface area contributed by atoms with Crippen LogP contribution in [0.5, 0.6) is 5.75 Å². The van der Waals surface area contributed by atoms with E-state index < -0.39 is 0 Å². The molecule has 0 spiro atoms.